The smallest absolute Gasteiger partial charge is 0.327 e. The van der Waals surface area contributed by atoms with Crippen LogP contribution in [0.25, 0.3) is 17.0 Å². The SMILES string of the molecule is COc1cccc(-c2noc(C3=C(C)N(c4ccc(C)c(F)c4)C(=O)NC3c3ccc(C)cc3)n2)c1. The van der Waals surface area contributed by atoms with Crippen LogP contribution in [0.15, 0.2) is 77.0 Å². The van der Waals surface area contributed by atoms with Crippen molar-refractivity contribution < 1.29 is 18.4 Å². The Balaban J connectivity index is 1.65. The summed E-state index contributed by atoms with van der Waals surface area (Å²) in [4.78, 5) is 19.4. The van der Waals surface area contributed by atoms with Crippen LogP contribution in [-0.4, -0.2) is 23.3 Å². The number of rotatable bonds is 5. The van der Waals surface area contributed by atoms with Gasteiger partial charge in [-0.05, 0) is 56.2 Å². The van der Waals surface area contributed by atoms with Crippen LogP contribution in [0.3, 0.4) is 0 Å². The van der Waals surface area contributed by atoms with Gasteiger partial charge < -0.3 is 14.6 Å². The number of halogens is 1. The van der Waals surface area contributed by atoms with Gasteiger partial charge in [0.15, 0.2) is 0 Å². The summed E-state index contributed by atoms with van der Waals surface area (Å²) in [5.41, 5.74) is 4.77. The van der Waals surface area contributed by atoms with E-state index in [0.29, 0.717) is 34.1 Å². The molecule has 4 aromatic rings. The van der Waals surface area contributed by atoms with Crippen LogP contribution in [0.4, 0.5) is 14.9 Å². The van der Waals surface area contributed by atoms with E-state index in [4.69, 9.17) is 9.26 Å². The maximum Gasteiger partial charge on any atom is 0.327 e. The first-order valence-corrected chi connectivity index (χ1v) is 11.5. The highest BCUT2D eigenvalue weighted by atomic mass is 19.1. The van der Waals surface area contributed by atoms with Crippen LogP contribution >= 0.6 is 0 Å². The highest BCUT2D eigenvalue weighted by molar-refractivity contribution is 6.01. The number of ether oxygens (including phenoxy) is 1. The second-order valence-corrected chi connectivity index (χ2v) is 8.72. The third kappa shape index (κ3) is 4.22. The topological polar surface area (TPSA) is 80.5 Å². The Bertz CT molecular complexity index is 1480. The number of benzene rings is 3. The van der Waals surface area contributed by atoms with Gasteiger partial charge in [0.25, 0.3) is 5.89 Å². The fourth-order valence-electron chi connectivity index (χ4n) is 4.27. The van der Waals surface area contributed by atoms with Gasteiger partial charge in [-0.1, -0.05) is 53.2 Å². The van der Waals surface area contributed by atoms with Gasteiger partial charge in [0.2, 0.25) is 5.82 Å². The first-order valence-electron chi connectivity index (χ1n) is 11.5. The van der Waals surface area contributed by atoms with Crippen molar-refractivity contribution in [3.05, 3.63) is 101 Å². The minimum atomic E-state index is -0.539. The van der Waals surface area contributed by atoms with Gasteiger partial charge >= 0.3 is 6.03 Å². The van der Waals surface area contributed by atoms with E-state index in [1.807, 2.05) is 55.5 Å². The molecule has 0 radical (unpaired) electrons. The van der Waals surface area contributed by atoms with Gasteiger partial charge in [0, 0.05) is 11.3 Å². The molecule has 0 spiro atoms. The number of urea groups is 1. The Labute approximate surface area is 208 Å². The molecular formula is C28H25FN4O3. The molecule has 1 aromatic heterocycles. The molecule has 1 atom stereocenters. The van der Waals surface area contributed by atoms with E-state index >= 15 is 0 Å². The van der Waals surface area contributed by atoms with Crippen molar-refractivity contribution in [2.24, 2.45) is 0 Å². The molecular weight excluding hydrogens is 459 g/mol. The lowest BCUT2D eigenvalue weighted by molar-refractivity contribution is 0.244. The highest BCUT2D eigenvalue weighted by Crippen LogP contribution is 2.39. The van der Waals surface area contributed by atoms with E-state index in [1.54, 1.807) is 33.1 Å². The van der Waals surface area contributed by atoms with Gasteiger partial charge in [0.1, 0.15) is 11.6 Å². The van der Waals surface area contributed by atoms with Crippen molar-refractivity contribution in [1.29, 1.82) is 0 Å². The first kappa shape index (κ1) is 23.3. The van der Waals surface area contributed by atoms with Crippen LogP contribution in [0.1, 0.15) is 35.5 Å². The zero-order valence-electron chi connectivity index (χ0n) is 20.4. The number of aromatic nitrogens is 2. The Morgan fingerprint density at radius 2 is 1.81 bits per heavy atom. The van der Waals surface area contributed by atoms with E-state index in [2.05, 4.69) is 15.5 Å². The molecule has 1 aliphatic heterocycles. The van der Waals surface area contributed by atoms with Crippen molar-refractivity contribution in [3.8, 4) is 17.1 Å². The van der Waals surface area contributed by atoms with Crippen LogP contribution < -0.4 is 15.0 Å². The summed E-state index contributed by atoms with van der Waals surface area (Å²) < 4.78 is 25.5. The summed E-state index contributed by atoms with van der Waals surface area (Å²) in [5, 5.41) is 7.23. The molecule has 7 nitrogen and oxygen atoms in total. The minimum absolute atomic E-state index is 0.258. The minimum Gasteiger partial charge on any atom is -0.497 e. The molecule has 8 heteroatoms. The molecule has 0 saturated carbocycles. The zero-order chi connectivity index (χ0) is 25.4. The predicted molar refractivity (Wildman–Crippen MR) is 135 cm³/mol. The van der Waals surface area contributed by atoms with Crippen LogP contribution in [0.2, 0.25) is 0 Å². The van der Waals surface area contributed by atoms with Gasteiger partial charge in [-0.25, -0.2) is 9.18 Å². The average molecular weight is 485 g/mol. The molecule has 0 saturated heterocycles. The van der Waals surface area contributed by atoms with Crippen molar-refractivity contribution in [3.63, 3.8) is 0 Å². The second kappa shape index (κ2) is 9.30. The molecule has 0 aliphatic carbocycles. The lowest BCUT2D eigenvalue weighted by Gasteiger charge is -2.35. The third-order valence-electron chi connectivity index (χ3n) is 6.29. The van der Waals surface area contributed by atoms with Crippen LogP contribution in [-0.2, 0) is 0 Å². The molecule has 2 heterocycles. The van der Waals surface area contributed by atoms with Crippen molar-refractivity contribution >= 4 is 17.3 Å². The molecule has 0 bridgehead atoms. The maximum absolute atomic E-state index is 14.4. The quantitative estimate of drug-likeness (QED) is 0.365. The summed E-state index contributed by atoms with van der Waals surface area (Å²) in [6, 6.07) is 19.0. The number of carbonyl (C=O) groups is 1. The summed E-state index contributed by atoms with van der Waals surface area (Å²) in [6.07, 6.45) is 0. The standard InChI is InChI=1S/C28H25FN4O3/c1-16-8-11-19(12-9-16)25-24(27-31-26(32-36-27)20-6-5-7-22(14-20)35-4)18(3)33(28(34)30-25)21-13-10-17(2)23(29)15-21/h5-15,25H,1-4H3,(H,30,34). The summed E-state index contributed by atoms with van der Waals surface area (Å²) in [6.45, 7) is 5.47. The molecule has 1 N–H and O–H groups in total. The number of amides is 2. The van der Waals surface area contributed by atoms with E-state index in [9.17, 15) is 9.18 Å². The number of carbonyl (C=O) groups excluding carboxylic acids is 1. The van der Waals surface area contributed by atoms with E-state index < -0.39 is 11.9 Å². The molecule has 1 unspecified atom stereocenters. The summed E-state index contributed by atoms with van der Waals surface area (Å²) >= 11 is 0. The van der Waals surface area contributed by atoms with E-state index in [0.717, 1.165) is 16.7 Å². The molecule has 36 heavy (non-hydrogen) atoms. The number of hydrogen-bond donors (Lipinski definition) is 1. The molecule has 2 amide bonds. The summed E-state index contributed by atoms with van der Waals surface area (Å²) in [5.74, 6) is 0.919. The number of nitrogens with one attached hydrogen (secondary N) is 1. The van der Waals surface area contributed by atoms with Gasteiger partial charge in [-0.3, -0.25) is 4.90 Å². The molecule has 182 valence electrons. The predicted octanol–water partition coefficient (Wildman–Crippen LogP) is 6.20. The number of nitrogens with zero attached hydrogens (tertiary/aromatic N) is 3. The lowest BCUT2D eigenvalue weighted by atomic mass is 9.94. The fourth-order valence-corrected chi connectivity index (χ4v) is 4.27. The Morgan fingerprint density at radius 1 is 1.03 bits per heavy atom. The third-order valence-corrected chi connectivity index (χ3v) is 6.29. The average Bonchev–Trinajstić information content (AvgIpc) is 3.36. The van der Waals surface area contributed by atoms with E-state index in [-0.39, 0.29) is 11.9 Å². The van der Waals surface area contributed by atoms with Gasteiger partial charge in [0.05, 0.1) is 24.4 Å². The summed E-state index contributed by atoms with van der Waals surface area (Å²) in [7, 11) is 1.59. The zero-order valence-corrected chi connectivity index (χ0v) is 20.4. The first-order chi connectivity index (χ1) is 17.4. The molecule has 3 aromatic carbocycles. The molecule has 0 fully saturated rings. The van der Waals surface area contributed by atoms with Crippen molar-refractivity contribution in [2.45, 2.75) is 26.8 Å². The largest absolute Gasteiger partial charge is 0.497 e. The van der Waals surface area contributed by atoms with Crippen LogP contribution in [0, 0.1) is 19.7 Å². The fraction of sp³-hybridized carbons (Fsp3) is 0.179. The number of anilines is 1. The number of methoxy groups -OCH3 is 1. The van der Waals surface area contributed by atoms with Crippen LogP contribution in [0.5, 0.6) is 5.75 Å². The number of aryl methyl sites for hydroxylation is 2. The number of hydrogen-bond acceptors (Lipinski definition) is 5. The monoisotopic (exact) mass is 484 g/mol. The Kier molecular flexibility index (Phi) is 6.01. The Hall–Kier alpha value is -4.46. The second-order valence-electron chi connectivity index (χ2n) is 8.72. The lowest BCUT2D eigenvalue weighted by Crippen LogP contribution is -2.46. The maximum atomic E-state index is 14.4. The normalized spacial score (nSPS) is 15.8. The van der Waals surface area contributed by atoms with Gasteiger partial charge in [-0.15, -0.1) is 0 Å². The van der Waals surface area contributed by atoms with E-state index in [1.165, 1.54) is 11.0 Å². The highest BCUT2D eigenvalue weighted by Gasteiger charge is 2.36. The van der Waals surface area contributed by atoms with Crippen molar-refractivity contribution in [2.75, 3.05) is 12.0 Å². The number of allylic oxidation sites excluding steroid dienone is 1. The van der Waals surface area contributed by atoms with Crippen molar-refractivity contribution in [1.82, 2.24) is 15.5 Å². The Morgan fingerprint density at radius 3 is 2.53 bits per heavy atom. The molecule has 5 rings (SSSR count). The van der Waals surface area contributed by atoms with Gasteiger partial charge in [-0.2, -0.15) is 4.98 Å². The molecule has 1 aliphatic rings.